The molecule has 116 valence electrons. The molecule has 2 rings (SSSR count). The third-order valence-corrected chi connectivity index (χ3v) is 3.63. The van der Waals surface area contributed by atoms with E-state index in [1.165, 1.54) is 0 Å². The highest BCUT2D eigenvalue weighted by atomic mass is 19.4. The monoisotopic (exact) mass is 304 g/mol. The summed E-state index contributed by atoms with van der Waals surface area (Å²) in [5, 5.41) is 5.69. The molecule has 1 saturated heterocycles. The average Bonchev–Trinajstić information content (AvgIpc) is 2.83. The van der Waals surface area contributed by atoms with Gasteiger partial charge in [-0.2, -0.15) is 13.2 Å². The van der Waals surface area contributed by atoms with Gasteiger partial charge in [0.1, 0.15) is 5.82 Å². The van der Waals surface area contributed by atoms with Crippen LogP contribution in [0.3, 0.4) is 0 Å². The number of hydrogen-bond acceptors (Lipinski definition) is 2. The molecule has 0 aromatic heterocycles. The number of carbonyl (C=O) groups excluding carboxylic acids is 1. The van der Waals surface area contributed by atoms with Crippen molar-refractivity contribution >= 4 is 5.91 Å². The first-order valence-corrected chi connectivity index (χ1v) is 6.61. The van der Waals surface area contributed by atoms with E-state index in [9.17, 15) is 22.4 Å². The number of nitrogens with one attached hydrogen (secondary N) is 2. The highest BCUT2D eigenvalue weighted by molar-refractivity contribution is 5.94. The van der Waals surface area contributed by atoms with Crippen molar-refractivity contribution in [2.45, 2.75) is 31.5 Å². The van der Waals surface area contributed by atoms with E-state index in [1.807, 2.05) is 6.92 Å². The van der Waals surface area contributed by atoms with Gasteiger partial charge in [-0.25, -0.2) is 4.39 Å². The zero-order valence-electron chi connectivity index (χ0n) is 11.5. The van der Waals surface area contributed by atoms with Crippen LogP contribution in [0.25, 0.3) is 0 Å². The molecule has 1 fully saturated rings. The number of alkyl halides is 3. The van der Waals surface area contributed by atoms with Crippen LogP contribution in [0.15, 0.2) is 18.2 Å². The smallest absolute Gasteiger partial charge is 0.350 e. The molecule has 0 spiro atoms. The van der Waals surface area contributed by atoms with Gasteiger partial charge in [0, 0.05) is 12.1 Å². The lowest BCUT2D eigenvalue weighted by Gasteiger charge is -2.24. The SMILES string of the molecule is CC1(CNC(=O)c2cc(C(F)(F)F)ccc2F)CCCN1. The second-order valence-electron chi connectivity index (χ2n) is 5.47. The normalized spacial score (nSPS) is 22.3. The van der Waals surface area contributed by atoms with Gasteiger partial charge in [-0.05, 0) is 44.5 Å². The number of rotatable bonds is 3. The van der Waals surface area contributed by atoms with E-state index in [1.54, 1.807) is 0 Å². The molecule has 2 N–H and O–H groups in total. The Morgan fingerprint density at radius 3 is 2.71 bits per heavy atom. The van der Waals surface area contributed by atoms with Gasteiger partial charge in [-0.1, -0.05) is 0 Å². The molecule has 1 amide bonds. The van der Waals surface area contributed by atoms with Gasteiger partial charge < -0.3 is 10.6 Å². The molecule has 1 aliphatic rings. The second kappa shape index (κ2) is 5.63. The Morgan fingerprint density at radius 1 is 1.43 bits per heavy atom. The largest absolute Gasteiger partial charge is 0.416 e. The lowest BCUT2D eigenvalue weighted by atomic mass is 10.0. The van der Waals surface area contributed by atoms with Crippen LogP contribution in [-0.4, -0.2) is 24.5 Å². The van der Waals surface area contributed by atoms with Crippen LogP contribution in [0.2, 0.25) is 0 Å². The molecular formula is C14H16F4N2O. The lowest BCUT2D eigenvalue weighted by Crippen LogP contribution is -2.47. The van der Waals surface area contributed by atoms with E-state index >= 15 is 0 Å². The molecule has 0 saturated carbocycles. The molecule has 21 heavy (non-hydrogen) atoms. The van der Waals surface area contributed by atoms with Gasteiger partial charge in [0.05, 0.1) is 11.1 Å². The van der Waals surface area contributed by atoms with Crippen LogP contribution in [0.1, 0.15) is 35.7 Å². The summed E-state index contributed by atoms with van der Waals surface area (Å²) < 4.78 is 51.3. The summed E-state index contributed by atoms with van der Waals surface area (Å²) in [7, 11) is 0. The molecule has 7 heteroatoms. The number of amides is 1. The molecule has 1 heterocycles. The van der Waals surface area contributed by atoms with Crippen molar-refractivity contribution in [3.05, 3.63) is 35.1 Å². The van der Waals surface area contributed by atoms with Crippen molar-refractivity contribution in [3.63, 3.8) is 0 Å². The van der Waals surface area contributed by atoms with Crippen molar-refractivity contribution in [1.29, 1.82) is 0 Å². The maximum absolute atomic E-state index is 13.6. The summed E-state index contributed by atoms with van der Waals surface area (Å²) in [6, 6.07) is 1.81. The maximum Gasteiger partial charge on any atom is 0.416 e. The first kappa shape index (κ1) is 15.8. The molecule has 0 bridgehead atoms. The third kappa shape index (κ3) is 3.72. The van der Waals surface area contributed by atoms with Crippen molar-refractivity contribution in [1.82, 2.24) is 10.6 Å². The van der Waals surface area contributed by atoms with Crippen LogP contribution in [0, 0.1) is 5.82 Å². The standard InChI is InChI=1S/C14H16F4N2O/c1-13(5-2-6-20-13)8-19-12(21)10-7-9(14(16,17)18)3-4-11(10)15/h3-4,7,20H,2,5-6,8H2,1H3,(H,19,21). The van der Waals surface area contributed by atoms with Gasteiger partial charge >= 0.3 is 6.18 Å². The first-order chi connectivity index (χ1) is 9.71. The van der Waals surface area contributed by atoms with Crippen molar-refractivity contribution in [3.8, 4) is 0 Å². The van der Waals surface area contributed by atoms with E-state index in [0.717, 1.165) is 19.4 Å². The Bertz CT molecular complexity index is 536. The quantitative estimate of drug-likeness (QED) is 0.843. The molecule has 3 nitrogen and oxygen atoms in total. The van der Waals surface area contributed by atoms with Crippen LogP contribution >= 0.6 is 0 Å². The van der Waals surface area contributed by atoms with E-state index in [0.29, 0.717) is 18.2 Å². The van der Waals surface area contributed by atoms with Gasteiger partial charge in [0.25, 0.3) is 5.91 Å². The summed E-state index contributed by atoms with van der Waals surface area (Å²) in [4.78, 5) is 11.9. The summed E-state index contributed by atoms with van der Waals surface area (Å²) in [6.45, 7) is 2.97. The van der Waals surface area contributed by atoms with Gasteiger partial charge in [-0.3, -0.25) is 4.79 Å². The fourth-order valence-electron chi connectivity index (χ4n) is 2.35. The fraction of sp³-hybridized carbons (Fsp3) is 0.500. The summed E-state index contributed by atoms with van der Waals surface area (Å²) >= 11 is 0. The van der Waals surface area contributed by atoms with Gasteiger partial charge in [-0.15, -0.1) is 0 Å². The molecule has 1 aliphatic heterocycles. The van der Waals surface area contributed by atoms with Crippen molar-refractivity contribution < 1.29 is 22.4 Å². The molecule has 0 aliphatic carbocycles. The Labute approximate surface area is 119 Å². The average molecular weight is 304 g/mol. The third-order valence-electron chi connectivity index (χ3n) is 3.63. The maximum atomic E-state index is 13.6. The van der Waals surface area contributed by atoms with E-state index in [4.69, 9.17) is 0 Å². The predicted octanol–water partition coefficient (Wildman–Crippen LogP) is 2.72. The fourth-order valence-corrected chi connectivity index (χ4v) is 2.35. The zero-order chi connectivity index (χ0) is 15.7. The highest BCUT2D eigenvalue weighted by Crippen LogP contribution is 2.30. The minimum absolute atomic E-state index is 0.238. The number of benzene rings is 1. The van der Waals surface area contributed by atoms with Crippen LogP contribution in [-0.2, 0) is 6.18 Å². The van der Waals surface area contributed by atoms with E-state index in [-0.39, 0.29) is 12.1 Å². The van der Waals surface area contributed by atoms with Gasteiger partial charge in [0.15, 0.2) is 0 Å². The highest BCUT2D eigenvalue weighted by Gasteiger charge is 2.32. The summed E-state index contributed by atoms with van der Waals surface area (Å²) in [6.07, 6.45) is -2.80. The Kier molecular flexibility index (Phi) is 4.22. The van der Waals surface area contributed by atoms with Crippen LogP contribution in [0.5, 0.6) is 0 Å². The minimum atomic E-state index is -4.61. The molecular weight excluding hydrogens is 288 g/mol. The van der Waals surface area contributed by atoms with Gasteiger partial charge in [0.2, 0.25) is 0 Å². The first-order valence-electron chi connectivity index (χ1n) is 6.61. The topological polar surface area (TPSA) is 41.1 Å². The number of hydrogen-bond donors (Lipinski definition) is 2. The lowest BCUT2D eigenvalue weighted by molar-refractivity contribution is -0.137. The van der Waals surface area contributed by atoms with E-state index in [2.05, 4.69) is 10.6 Å². The Morgan fingerprint density at radius 2 is 2.14 bits per heavy atom. The minimum Gasteiger partial charge on any atom is -0.350 e. The molecule has 1 atom stereocenters. The summed E-state index contributed by atoms with van der Waals surface area (Å²) in [5.74, 6) is -1.81. The predicted molar refractivity (Wildman–Crippen MR) is 69.4 cm³/mol. The number of halogens is 4. The molecule has 1 aromatic carbocycles. The Hall–Kier alpha value is -1.63. The summed E-state index contributed by atoms with van der Waals surface area (Å²) in [5.41, 5.74) is -1.93. The van der Waals surface area contributed by atoms with Crippen LogP contribution in [0.4, 0.5) is 17.6 Å². The van der Waals surface area contributed by atoms with Crippen molar-refractivity contribution in [2.75, 3.05) is 13.1 Å². The number of carbonyl (C=O) groups is 1. The zero-order valence-corrected chi connectivity index (χ0v) is 11.5. The second-order valence-corrected chi connectivity index (χ2v) is 5.47. The molecule has 0 radical (unpaired) electrons. The molecule has 1 aromatic rings. The molecule has 1 unspecified atom stereocenters. The van der Waals surface area contributed by atoms with Crippen LogP contribution < -0.4 is 10.6 Å². The van der Waals surface area contributed by atoms with Crippen molar-refractivity contribution in [2.24, 2.45) is 0 Å². The van der Waals surface area contributed by atoms with E-state index < -0.39 is 29.0 Å². The Balaban J connectivity index is 2.11.